The first-order chi connectivity index (χ1) is 13.8. The van der Waals surface area contributed by atoms with Gasteiger partial charge in [0, 0.05) is 12.4 Å². The van der Waals surface area contributed by atoms with E-state index in [0.717, 1.165) is 11.3 Å². The highest BCUT2D eigenvalue weighted by molar-refractivity contribution is 7.18. The summed E-state index contributed by atoms with van der Waals surface area (Å²) in [5, 5.41) is 2.62. The first kappa shape index (κ1) is 22.0. The molecule has 0 aliphatic heterocycles. The summed E-state index contributed by atoms with van der Waals surface area (Å²) in [7, 11) is 1.19. The molecule has 2 aromatic rings. The molecule has 1 atom stereocenters. The summed E-state index contributed by atoms with van der Waals surface area (Å²) in [6.07, 6.45) is 1.65. The van der Waals surface area contributed by atoms with Crippen LogP contribution in [0.4, 0.5) is 5.00 Å². The largest absolute Gasteiger partial charge is 0.465 e. The van der Waals surface area contributed by atoms with Crippen LogP contribution in [0.3, 0.4) is 0 Å². The van der Waals surface area contributed by atoms with Gasteiger partial charge in [-0.3, -0.25) is 9.78 Å². The lowest BCUT2D eigenvalue weighted by Crippen LogP contribution is -2.30. The van der Waals surface area contributed by atoms with Gasteiger partial charge in [0.05, 0.1) is 24.8 Å². The van der Waals surface area contributed by atoms with E-state index in [4.69, 9.17) is 14.2 Å². The van der Waals surface area contributed by atoms with Gasteiger partial charge in [-0.05, 0) is 38.5 Å². The highest BCUT2D eigenvalue weighted by atomic mass is 32.1. The molecule has 0 bridgehead atoms. The number of aromatic nitrogens is 1. The number of pyridine rings is 1. The number of anilines is 1. The Morgan fingerprint density at radius 1 is 1.21 bits per heavy atom. The molecule has 0 saturated heterocycles. The van der Waals surface area contributed by atoms with Gasteiger partial charge < -0.3 is 19.5 Å². The quantitative estimate of drug-likeness (QED) is 0.536. The highest BCUT2D eigenvalue weighted by Crippen LogP contribution is 2.34. The molecule has 9 nitrogen and oxygen atoms in total. The molecule has 154 valence electrons. The van der Waals surface area contributed by atoms with Gasteiger partial charge in [0.2, 0.25) is 0 Å². The molecule has 2 rings (SSSR count). The molecule has 0 aromatic carbocycles. The summed E-state index contributed by atoms with van der Waals surface area (Å²) < 4.78 is 14.8. The minimum absolute atomic E-state index is 0.0414. The normalized spacial score (nSPS) is 11.3. The van der Waals surface area contributed by atoms with Gasteiger partial charge in [-0.15, -0.1) is 11.3 Å². The lowest BCUT2D eigenvalue weighted by Gasteiger charge is -2.13. The summed E-state index contributed by atoms with van der Waals surface area (Å²) >= 11 is 0.881. The van der Waals surface area contributed by atoms with E-state index in [0.29, 0.717) is 5.56 Å². The standard InChI is InChI=1S/C19H20N2O7S/c1-5-27-19(25)14-10(2)13(18(24)26-4)16(29-14)21-15(22)11(3)28-17(23)12-7-6-8-20-9-12/h6-9,11H,5H2,1-4H3,(H,21,22). The zero-order valence-electron chi connectivity index (χ0n) is 16.3. The second kappa shape index (κ2) is 9.78. The van der Waals surface area contributed by atoms with Gasteiger partial charge in [0.15, 0.2) is 6.10 Å². The minimum Gasteiger partial charge on any atom is -0.465 e. The molecule has 10 heteroatoms. The van der Waals surface area contributed by atoms with E-state index in [9.17, 15) is 19.2 Å². The van der Waals surface area contributed by atoms with Crippen molar-refractivity contribution in [2.24, 2.45) is 0 Å². The van der Waals surface area contributed by atoms with Crippen LogP contribution in [0.25, 0.3) is 0 Å². The molecule has 0 radical (unpaired) electrons. The Labute approximate surface area is 171 Å². The Balaban J connectivity index is 2.21. The maximum Gasteiger partial charge on any atom is 0.348 e. The van der Waals surface area contributed by atoms with Crippen molar-refractivity contribution in [3.8, 4) is 0 Å². The second-order valence-electron chi connectivity index (χ2n) is 5.75. The zero-order chi connectivity index (χ0) is 21.6. The SMILES string of the molecule is CCOC(=O)c1sc(NC(=O)C(C)OC(=O)c2cccnc2)c(C(=O)OC)c1C. The van der Waals surface area contributed by atoms with Crippen LogP contribution in [0, 0.1) is 6.92 Å². The van der Waals surface area contributed by atoms with E-state index in [1.807, 2.05) is 0 Å². The number of carbonyl (C=O) groups is 4. The van der Waals surface area contributed by atoms with Gasteiger partial charge in [-0.2, -0.15) is 0 Å². The van der Waals surface area contributed by atoms with Crippen LogP contribution in [0.5, 0.6) is 0 Å². The Kier molecular flexibility index (Phi) is 7.43. The monoisotopic (exact) mass is 420 g/mol. The number of carbonyl (C=O) groups excluding carboxylic acids is 4. The van der Waals surface area contributed by atoms with Crippen LogP contribution < -0.4 is 5.32 Å². The van der Waals surface area contributed by atoms with Crippen molar-refractivity contribution < 1.29 is 33.4 Å². The molecule has 0 fully saturated rings. The Bertz CT molecular complexity index is 924. The minimum atomic E-state index is -1.17. The van der Waals surface area contributed by atoms with Gasteiger partial charge in [-0.1, -0.05) is 0 Å². The molecule has 2 heterocycles. The third-order valence-electron chi connectivity index (χ3n) is 3.78. The predicted octanol–water partition coefficient (Wildman–Crippen LogP) is 2.60. The second-order valence-corrected chi connectivity index (χ2v) is 6.77. The van der Waals surface area contributed by atoms with Crippen LogP contribution >= 0.6 is 11.3 Å². The van der Waals surface area contributed by atoms with Crippen LogP contribution in [0.2, 0.25) is 0 Å². The lowest BCUT2D eigenvalue weighted by atomic mass is 10.1. The molecule has 0 aliphatic carbocycles. The zero-order valence-corrected chi connectivity index (χ0v) is 17.1. The number of amides is 1. The highest BCUT2D eigenvalue weighted by Gasteiger charge is 2.28. The van der Waals surface area contributed by atoms with Gasteiger partial charge in [-0.25, -0.2) is 14.4 Å². The first-order valence-corrected chi connectivity index (χ1v) is 9.42. The maximum absolute atomic E-state index is 12.5. The fraction of sp³-hybridized carbons (Fsp3) is 0.316. The molecular formula is C19H20N2O7S. The van der Waals surface area contributed by atoms with Crippen LogP contribution in [0.1, 0.15) is 49.8 Å². The van der Waals surface area contributed by atoms with E-state index < -0.39 is 29.9 Å². The fourth-order valence-corrected chi connectivity index (χ4v) is 3.41. The summed E-state index contributed by atoms with van der Waals surface area (Å²) in [4.78, 5) is 52.8. The number of hydrogen-bond donors (Lipinski definition) is 1. The topological polar surface area (TPSA) is 121 Å². The smallest absolute Gasteiger partial charge is 0.348 e. The van der Waals surface area contributed by atoms with Crippen molar-refractivity contribution in [2.75, 3.05) is 19.0 Å². The number of methoxy groups -OCH3 is 1. The molecule has 1 N–H and O–H groups in total. The molecule has 1 unspecified atom stereocenters. The number of thiophene rings is 1. The molecule has 0 aliphatic rings. The maximum atomic E-state index is 12.5. The Morgan fingerprint density at radius 3 is 2.52 bits per heavy atom. The van der Waals surface area contributed by atoms with Crippen molar-refractivity contribution >= 4 is 40.2 Å². The van der Waals surface area contributed by atoms with Crippen LogP contribution in [-0.2, 0) is 19.0 Å². The Hall–Kier alpha value is -3.27. The number of nitrogens with zero attached hydrogens (tertiary/aromatic N) is 1. The lowest BCUT2D eigenvalue weighted by molar-refractivity contribution is -0.123. The summed E-state index contributed by atoms with van der Waals surface area (Å²) in [6.45, 7) is 4.75. The van der Waals surface area contributed by atoms with Crippen molar-refractivity contribution in [3.05, 3.63) is 46.1 Å². The van der Waals surface area contributed by atoms with Crippen molar-refractivity contribution in [1.29, 1.82) is 0 Å². The van der Waals surface area contributed by atoms with Crippen LogP contribution in [0.15, 0.2) is 24.5 Å². The van der Waals surface area contributed by atoms with Crippen molar-refractivity contribution in [2.45, 2.75) is 26.9 Å². The van der Waals surface area contributed by atoms with E-state index in [2.05, 4.69) is 10.3 Å². The third-order valence-corrected chi connectivity index (χ3v) is 4.97. The summed E-state index contributed by atoms with van der Waals surface area (Å²) in [5.74, 6) is -2.73. The molecule has 1 amide bonds. The van der Waals surface area contributed by atoms with Crippen molar-refractivity contribution in [3.63, 3.8) is 0 Å². The number of nitrogens with one attached hydrogen (secondary N) is 1. The van der Waals surface area contributed by atoms with E-state index in [1.165, 1.54) is 32.5 Å². The first-order valence-electron chi connectivity index (χ1n) is 8.60. The molecule has 2 aromatic heterocycles. The summed E-state index contributed by atoms with van der Waals surface area (Å²) in [5.41, 5.74) is 0.564. The molecular weight excluding hydrogens is 400 g/mol. The van der Waals surface area contributed by atoms with E-state index in [-0.39, 0.29) is 27.6 Å². The van der Waals surface area contributed by atoms with E-state index in [1.54, 1.807) is 19.9 Å². The number of ether oxygens (including phenoxy) is 3. The van der Waals surface area contributed by atoms with Crippen LogP contribution in [-0.4, -0.2) is 48.6 Å². The number of rotatable bonds is 7. The fourth-order valence-electron chi connectivity index (χ4n) is 2.32. The Morgan fingerprint density at radius 2 is 1.93 bits per heavy atom. The third kappa shape index (κ3) is 5.17. The number of esters is 3. The van der Waals surface area contributed by atoms with E-state index >= 15 is 0 Å². The average Bonchev–Trinajstić information content (AvgIpc) is 3.04. The molecule has 29 heavy (non-hydrogen) atoms. The summed E-state index contributed by atoms with van der Waals surface area (Å²) in [6, 6.07) is 3.07. The predicted molar refractivity (Wildman–Crippen MR) is 104 cm³/mol. The van der Waals surface area contributed by atoms with Gasteiger partial charge >= 0.3 is 17.9 Å². The van der Waals surface area contributed by atoms with Gasteiger partial charge in [0.25, 0.3) is 5.91 Å². The number of hydrogen-bond acceptors (Lipinski definition) is 9. The average molecular weight is 420 g/mol. The van der Waals surface area contributed by atoms with Crippen molar-refractivity contribution in [1.82, 2.24) is 4.98 Å². The molecule has 0 spiro atoms. The molecule has 0 saturated carbocycles. The van der Waals surface area contributed by atoms with Gasteiger partial charge in [0.1, 0.15) is 9.88 Å².